The zero-order valence-corrected chi connectivity index (χ0v) is 20.4. The number of fused-ring (bicyclic) bond motifs is 3. The Morgan fingerprint density at radius 3 is 2.54 bits per heavy atom. The molecule has 2 amide bonds. The van der Waals surface area contributed by atoms with Crippen molar-refractivity contribution in [2.24, 2.45) is 28.8 Å². The smallest absolute Gasteiger partial charge is 0.238 e. The SMILES string of the molecule is C#CCCCON=C1C[C@@H](O)[C@@H](O)[C@@H]2[C@@H]3C(=O)N(c4cccc(Oc5ccccc5)c4)C(=O)[C@@H]3CC[C@H]12. The van der Waals surface area contributed by atoms with Gasteiger partial charge in [-0.15, -0.1) is 12.3 Å². The van der Waals surface area contributed by atoms with Gasteiger partial charge in [-0.25, -0.2) is 4.90 Å². The Balaban J connectivity index is 1.39. The predicted octanol–water partition coefficient (Wildman–Crippen LogP) is 3.52. The molecule has 6 atom stereocenters. The molecule has 0 bridgehead atoms. The van der Waals surface area contributed by atoms with Gasteiger partial charge in [-0.05, 0) is 43.5 Å². The molecule has 0 unspecified atom stereocenters. The number of rotatable bonds is 7. The van der Waals surface area contributed by atoms with Crippen LogP contribution in [-0.2, 0) is 14.4 Å². The molecule has 5 rings (SSSR count). The molecule has 1 aliphatic heterocycles. The standard InChI is InChI=1S/C29H30N2O6/c1-2-3-7-15-36-30-23-17-24(32)27(33)25-21(23)13-14-22-26(25)29(35)31(28(22)34)18-9-8-12-20(16-18)37-19-10-5-4-6-11-19/h1,4-6,8-12,16,21-22,24-27,32-33H,3,7,13-15,17H2/t21-,22-,24-,25+,26-,27-/m1/s1. The Kier molecular flexibility index (Phi) is 7.26. The van der Waals surface area contributed by atoms with Gasteiger partial charge in [0.25, 0.3) is 0 Å². The van der Waals surface area contributed by atoms with Crippen molar-refractivity contribution in [3.05, 3.63) is 54.6 Å². The van der Waals surface area contributed by atoms with Crippen molar-refractivity contribution in [2.75, 3.05) is 11.5 Å². The van der Waals surface area contributed by atoms with Gasteiger partial charge in [0.2, 0.25) is 11.8 Å². The maximum Gasteiger partial charge on any atom is 0.238 e. The highest BCUT2D eigenvalue weighted by molar-refractivity contribution is 6.22. The molecule has 8 heteroatoms. The summed E-state index contributed by atoms with van der Waals surface area (Å²) in [6, 6.07) is 16.1. The summed E-state index contributed by atoms with van der Waals surface area (Å²) < 4.78 is 5.90. The minimum atomic E-state index is -1.14. The number of aliphatic hydroxyl groups excluding tert-OH is 2. The lowest BCUT2D eigenvalue weighted by atomic mass is 9.60. The molecule has 0 radical (unpaired) electrons. The van der Waals surface area contributed by atoms with Gasteiger partial charge >= 0.3 is 0 Å². The second-order valence-electron chi connectivity index (χ2n) is 9.80. The van der Waals surface area contributed by atoms with E-state index >= 15 is 0 Å². The van der Waals surface area contributed by atoms with Crippen LogP contribution in [0.1, 0.15) is 32.1 Å². The fraction of sp³-hybridized carbons (Fsp3) is 0.414. The van der Waals surface area contributed by atoms with E-state index in [0.29, 0.717) is 55.2 Å². The molecule has 1 saturated heterocycles. The Bertz CT molecular complexity index is 1220. The van der Waals surface area contributed by atoms with E-state index in [0.717, 1.165) is 0 Å². The number of nitrogens with zero attached hydrogens (tertiary/aromatic N) is 2. The molecule has 8 nitrogen and oxygen atoms in total. The summed E-state index contributed by atoms with van der Waals surface area (Å²) in [4.78, 5) is 33.9. The quantitative estimate of drug-likeness (QED) is 0.260. The van der Waals surface area contributed by atoms with Crippen LogP contribution in [-0.4, -0.2) is 46.6 Å². The maximum absolute atomic E-state index is 13.7. The number of anilines is 1. The van der Waals surface area contributed by atoms with Crippen LogP contribution < -0.4 is 9.64 Å². The molecule has 2 saturated carbocycles. The summed E-state index contributed by atoms with van der Waals surface area (Å²) in [5, 5.41) is 25.9. The average Bonchev–Trinajstić information content (AvgIpc) is 3.16. The molecule has 37 heavy (non-hydrogen) atoms. The second kappa shape index (κ2) is 10.8. The van der Waals surface area contributed by atoms with Crippen LogP contribution in [0.25, 0.3) is 0 Å². The van der Waals surface area contributed by atoms with E-state index in [-0.39, 0.29) is 24.2 Å². The minimum absolute atomic E-state index is 0.166. The Hall–Kier alpha value is -3.67. The van der Waals surface area contributed by atoms with Gasteiger partial charge in [-0.1, -0.05) is 29.4 Å². The maximum atomic E-state index is 13.7. The molecule has 0 spiro atoms. The number of benzene rings is 2. The number of ether oxygens (including phenoxy) is 1. The summed E-state index contributed by atoms with van der Waals surface area (Å²) in [6.07, 6.45) is 5.51. The summed E-state index contributed by atoms with van der Waals surface area (Å²) in [7, 11) is 0. The number of amides is 2. The first-order chi connectivity index (χ1) is 18.0. The molecule has 2 aliphatic carbocycles. The first-order valence-corrected chi connectivity index (χ1v) is 12.7. The zero-order chi connectivity index (χ0) is 25.9. The monoisotopic (exact) mass is 502 g/mol. The van der Waals surface area contributed by atoms with Gasteiger partial charge in [-0.3, -0.25) is 9.59 Å². The predicted molar refractivity (Wildman–Crippen MR) is 137 cm³/mol. The number of carbonyl (C=O) groups excluding carboxylic acids is 2. The molecule has 2 aromatic rings. The molecule has 1 heterocycles. The van der Waals surface area contributed by atoms with Crippen molar-refractivity contribution >= 4 is 23.2 Å². The highest BCUT2D eigenvalue weighted by atomic mass is 16.6. The second-order valence-corrected chi connectivity index (χ2v) is 9.80. The minimum Gasteiger partial charge on any atom is -0.457 e. The van der Waals surface area contributed by atoms with Gasteiger partial charge < -0.3 is 19.8 Å². The average molecular weight is 503 g/mol. The topological polar surface area (TPSA) is 109 Å². The van der Waals surface area contributed by atoms with Crippen LogP contribution in [0, 0.1) is 36.0 Å². The number of terminal acetylenes is 1. The largest absolute Gasteiger partial charge is 0.457 e. The number of unbranched alkanes of at least 4 members (excludes halogenated alkanes) is 1. The van der Waals surface area contributed by atoms with Crippen molar-refractivity contribution in [1.29, 1.82) is 0 Å². The van der Waals surface area contributed by atoms with Crippen LogP contribution in [0.5, 0.6) is 11.5 Å². The molecule has 0 aromatic heterocycles. The molecular weight excluding hydrogens is 472 g/mol. The van der Waals surface area contributed by atoms with Gasteiger partial charge in [-0.2, -0.15) is 0 Å². The van der Waals surface area contributed by atoms with E-state index in [1.54, 1.807) is 24.3 Å². The first kappa shape index (κ1) is 25.0. The Morgan fingerprint density at radius 2 is 1.76 bits per heavy atom. The van der Waals surface area contributed by atoms with Crippen LogP contribution in [0.4, 0.5) is 5.69 Å². The number of hydrogen-bond donors (Lipinski definition) is 2. The molecule has 192 valence electrons. The zero-order valence-electron chi connectivity index (χ0n) is 20.4. The normalized spacial score (nSPS) is 30.0. The summed E-state index contributed by atoms with van der Waals surface area (Å²) in [5.74, 6) is 0.839. The van der Waals surface area contributed by atoms with Crippen LogP contribution >= 0.6 is 0 Å². The van der Waals surface area contributed by atoms with Crippen molar-refractivity contribution < 1.29 is 29.4 Å². The number of para-hydroxylation sites is 1. The number of oxime groups is 1. The Morgan fingerprint density at radius 1 is 1.00 bits per heavy atom. The van der Waals surface area contributed by atoms with Crippen LogP contribution in [0.15, 0.2) is 59.8 Å². The number of carbonyl (C=O) groups is 2. The first-order valence-electron chi connectivity index (χ1n) is 12.7. The lowest BCUT2D eigenvalue weighted by molar-refractivity contribution is -0.132. The van der Waals surface area contributed by atoms with Crippen molar-refractivity contribution in [1.82, 2.24) is 0 Å². The lowest BCUT2D eigenvalue weighted by Crippen LogP contribution is -2.54. The molecular formula is C29H30N2O6. The van der Waals surface area contributed by atoms with Crippen LogP contribution in [0.2, 0.25) is 0 Å². The highest BCUT2D eigenvalue weighted by Gasteiger charge is 2.60. The van der Waals surface area contributed by atoms with Crippen molar-refractivity contribution in [2.45, 2.75) is 44.3 Å². The fourth-order valence-electron chi connectivity index (χ4n) is 5.91. The summed E-state index contributed by atoms with van der Waals surface area (Å²) >= 11 is 0. The van der Waals surface area contributed by atoms with Gasteiger partial charge in [0.1, 0.15) is 18.1 Å². The number of aliphatic hydroxyl groups is 2. The summed E-state index contributed by atoms with van der Waals surface area (Å²) in [5.41, 5.74) is 1.05. The highest BCUT2D eigenvalue weighted by Crippen LogP contribution is 2.50. The molecule has 2 aromatic carbocycles. The van der Waals surface area contributed by atoms with E-state index in [1.165, 1.54) is 4.90 Å². The molecule has 3 fully saturated rings. The summed E-state index contributed by atoms with van der Waals surface area (Å²) in [6.45, 7) is 0.350. The van der Waals surface area contributed by atoms with E-state index < -0.39 is 30.0 Å². The van der Waals surface area contributed by atoms with E-state index in [1.807, 2.05) is 30.3 Å². The van der Waals surface area contributed by atoms with Gasteiger partial charge in [0.15, 0.2) is 0 Å². The van der Waals surface area contributed by atoms with E-state index in [4.69, 9.17) is 16.0 Å². The fourth-order valence-corrected chi connectivity index (χ4v) is 5.91. The van der Waals surface area contributed by atoms with E-state index in [2.05, 4.69) is 11.1 Å². The number of imide groups is 1. The number of hydrogen-bond acceptors (Lipinski definition) is 7. The van der Waals surface area contributed by atoms with Crippen LogP contribution in [0.3, 0.4) is 0 Å². The molecule has 2 N–H and O–H groups in total. The Labute approximate surface area is 215 Å². The lowest BCUT2D eigenvalue weighted by Gasteiger charge is -2.45. The van der Waals surface area contributed by atoms with Crippen molar-refractivity contribution in [3.63, 3.8) is 0 Å². The van der Waals surface area contributed by atoms with Gasteiger partial charge in [0.05, 0.1) is 35.4 Å². The van der Waals surface area contributed by atoms with E-state index in [9.17, 15) is 19.8 Å². The van der Waals surface area contributed by atoms with Gasteiger partial charge in [0, 0.05) is 30.7 Å². The molecule has 3 aliphatic rings. The third-order valence-electron chi connectivity index (χ3n) is 7.57. The van der Waals surface area contributed by atoms with Crippen molar-refractivity contribution in [3.8, 4) is 23.8 Å². The third kappa shape index (κ3) is 4.85. The third-order valence-corrected chi connectivity index (χ3v) is 7.57.